The lowest BCUT2D eigenvalue weighted by atomic mass is 9.69. The van der Waals surface area contributed by atoms with Crippen molar-refractivity contribution in [3.05, 3.63) is 42.0 Å². The van der Waals surface area contributed by atoms with E-state index in [1.807, 2.05) is 24.3 Å². The molecule has 0 unspecified atom stereocenters. The fourth-order valence-electron chi connectivity index (χ4n) is 2.93. The molecular weight excluding hydrogens is 400 g/mol. The summed E-state index contributed by atoms with van der Waals surface area (Å²) in [5.41, 5.74) is 67.9. The van der Waals surface area contributed by atoms with Gasteiger partial charge in [0.15, 0.2) is 5.79 Å². The smallest absolute Gasteiger partial charge is 0.151 e. The topological polar surface area (TPSA) is 350 Å². The van der Waals surface area contributed by atoms with E-state index in [-0.39, 0.29) is 13.0 Å². The van der Waals surface area contributed by atoms with Crippen LogP contribution in [-0.2, 0) is 6.54 Å². The highest BCUT2D eigenvalue weighted by atomic mass is 15.4. The molecule has 14 nitrogen and oxygen atoms in total. The fraction of sp³-hybridized carbons (Fsp3) is 0.529. The fourth-order valence-corrected chi connectivity index (χ4v) is 2.93. The predicted molar refractivity (Wildman–Crippen MR) is 124 cm³/mol. The highest BCUT2D eigenvalue weighted by Crippen LogP contribution is 2.29. The van der Waals surface area contributed by atoms with Crippen molar-refractivity contribution in [1.29, 1.82) is 0 Å². The average Bonchev–Trinajstić information content (AvgIpc) is 2.64. The van der Waals surface area contributed by atoms with Crippen LogP contribution in [0.1, 0.15) is 17.5 Å². The Morgan fingerprint density at radius 3 is 1.55 bits per heavy atom. The number of hydrogen-bond donors (Lipinski definition) is 14. The standard InChI is InChI=1S/C17H40N14/c1-2-10-3-5-11(6-4-10)9-31-8-7-12(18,19)13(20,21)14(22,23)15(24,25)16(26,27)17(28,29)30/h2-6,31H,1,7-9,18-30H2. The molecule has 1 aromatic rings. The third-order valence-electron chi connectivity index (χ3n) is 5.80. The largest absolute Gasteiger partial charge is 0.313 e. The zero-order valence-corrected chi connectivity index (χ0v) is 17.7. The van der Waals surface area contributed by atoms with Crippen LogP contribution in [0.3, 0.4) is 0 Å². The second-order valence-corrected chi connectivity index (χ2v) is 8.32. The first-order valence-electron chi connectivity index (χ1n) is 9.44. The van der Waals surface area contributed by atoms with Gasteiger partial charge in [0.05, 0.1) is 0 Å². The molecule has 0 amide bonds. The number of hydrogen-bond acceptors (Lipinski definition) is 14. The van der Waals surface area contributed by atoms with Gasteiger partial charge in [-0.1, -0.05) is 36.9 Å². The molecule has 1 rings (SSSR count). The van der Waals surface area contributed by atoms with Crippen LogP contribution in [0, 0.1) is 0 Å². The third kappa shape index (κ3) is 4.92. The van der Waals surface area contributed by atoms with Crippen LogP contribution in [0.15, 0.2) is 30.8 Å². The molecular formula is C17H40N14. The van der Waals surface area contributed by atoms with Gasteiger partial charge < -0.3 is 62.7 Å². The van der Waals surface area contributed by atoms with E-state index >= 15 is 0 Å². The molecule has 0 fully saturated rings. The van der Waals surface area contributed by atoms with Crippen LogP contribution in [0.4, 0.5) is 0 Å². The Morgan fingerprint density at radius 1 is 0.677 bits per heavy atom. The van der Waals surface area contributed by atoms with E-state index in [1.54, 1.807) is 6.08 Å². The molecule has 0 aliphatic carbocycles. The third-order valence-corrected chi connectivity index (χ3v) is 5.80. The maximum Gasteiger partial charge on any atom is 0.151 e. The van der Waals surface area contributed by atoms with Gasteiger partial charge in [0.25, 0.3) is 0 Å². The summed E-state index contributed by atoms with van der Waals surface area (Å²) in [4.78, 5) is 0. The molecule has 0 aliphatic rings. The summed E-state index contributed by atoms with van der Waals surface area (Å²) in [5, 5.41) is 3.16. The summed E-state index contributed by atoms with van der Waals surface area (Å²) in [6, 6.07) is 7.76. The van der Waals surface area contributed by atoms with Crippen LogP contribution in [-0.4, -0.2) is 40.6 Å². The van der Waals surface area contributed by atoms with Gasteiger partial charge in [-0.25, -0.2) is 0 Å². The highest BCUT2D eigenvalue weighted by Gasteiger charge is 2.67. The Morgan fingerprint density at radius 2 is 1.13 bits per heavy atom. The minimum absolute atomic E-state index is 0.0120. The second-order valence-electron chi connectivity index (χ2n) is 8.32. The number of benzene rings is 1. The maximum atomic E-state index is 6.18. The maximum absolute atomic E-state index is 6.18. The molecule has 0 saturated carbocycles. The van der Waals surface area contributed by atoms with E-state index < -0.39 is 34.1 Å². The van der Waals surface area contributed by atoms with E-state index in [4.69, 9.17) is 74.5 Å². The molecule has 0 atom stereocenters. The van der Waals surface area contributed by atoms with Crippen LogP contribution in [0.2, 0.25) is 0 Å². The molecule has 0 aromatic heterocycles. The van der Waals surface area contributed by atoms with E-state index in [2.05, 4.69) is 11.9 Å². The van der Waals surface area contributed by atoms with Crippen molar-refractivity contribution in [3.8, 4) is 0 Å². The van der Waals surface area contributed by atoms with Gasteiger partial charge in [0.2, 0.25) is 0 Å². The van der Waals surface area contributed by atoms with Crippen molar-refractivity contribution in [1.82, 2.24) is 5.32 Å². The molecule has 178 valence electrons. The number of nitrogens with two attached hydrogens (primary N) is 13. The van der Waals surface area contributed by atoms with E-state index in [0.29, 0.717) is 6.54 Å². The molecule has 14 heteroatoms. The Labute approximate surface area is 182 Å². The summed E-state index contributed by atoms with van der Waals surface area (Å²) in [6.45, 7) is 4.52. The molecule has 0 bridgehead atoms. The lowest BCUT2D eigenvalue weighted by molar-refractivity contribution is -0.0126. The summed E-state index contributed by atoms with van der Waals surface area (Å²) < 4.78 is 0. The SMILES string of the molecule is C=Cc1ccc(CNCCC(N)(N)C(N)(N)C(N)(N)C(N)(N)C(N)(N)C(N)(N)N)cc1. The van der Waals surface area contributed by atoms with Crippen LogP contribution in [0.25, 0.3) is 6.08 Å². The van der Waals surface area contributed by atoms with Crippen molar-refractivity contribution in [2.24, 2.45) is 74.5 Å². The monoisotopic (exact) mass is 440 g/mol. The first-order valence-corrected chi connectivity index (χ1v) is 9.44. The first-order chi connectivity index (χ1) is 13.8. The van der Waals surface area contributed by atoms with Crippen molar-refractivity contribution < 1.29 is 0 Å². The minimum atomic E-state index is -2.52. The zero-order valence-electron chi connectivity index (χ0n) is 17.7. The molecule has 27 N–H and O–H groups in total. The Hall–Kier alpha value is -1.60. The lowest BCUT2D eigenvalue weighted by Crippen LogP contribution is -3.05. The summed E-state index contributed by atoms with van der Waals surface area (Å²) >= 11 is 0. The van der Waals surface area contributed by atoms with Gasteiger partial charge in [0.1, 0.15) is 28.3 Å². The molecule has 0 spiro atoms. The Bertz CT molecular complexity index is 745. The number of rotatable bonds is 11. The van der Waals surface area contributed by atoms with Gasteiger partial charge >= 0.3 is 0 Å². The van der Waals surface area contributed by atoms with Crippen molar-refractivity contribution in [3.63, 3.8) is 0 Å². The van der Waals surface area contributed by atoms with Crippen LogP contribution >= 0.6 is 0 Å². The summed E-state index contributed by atoms with van der Waals surface area (Å²) in [7, 11) is 0. The summed E-state index contributed by atoms with van der Waals surface area (Å²) in [5.74, 6) is -2.31. The zero-order chi connectivity index (χ0) is 24.5. The highest BCUT2D eigenvalue weighted by molar-refractivity contribution is 5.47. The van der Waals surface area contributed by atoms with Crippen LogP contribution < -0.4 is 79.9 Å². The van der Waals surface area contributed by atoms with Crippen molar-refractivity contribution >= 4 is 6.08 Å². The first kappa shape index (κ1) is 27.4. The van der Waals surface area contributed by atoms with E-state index in [0.717, 1.165) is 11.1 Å². The van der Waals surface area contributed by atoms with E-state index in [1.165, 1.54) is 0 Å². The Balaban J connectivity index is 2.96. The average molecular weight is 441 g/mol. The molecule has 31 heavy (non-hydrogen) atoms. The van der Waals surface area contributed by atoms with Gasteiger partial charge in [-0.05, 0) is 24.1 Å². The van der Waals surface area contributed by atoms with Gasteiger partial charge in [-0.3, -0.25) is 17.2 Å². The quantitative estimate of drug-likeness (QED) is 0.112. The normalized spacial score (nSPS) is 14.6. The predicted octanol–water partition coefficient (Wildman–Crippen LogP) is -6.59. The number of nitrogens with one attached hydrogen (secondary N) is 1. The van der Waals surface area contributed by atoms with Gasteiger partial charge in [-0.15, -0.1) is 0 Å². The molecule has 0 radical (unpaired) electrons. The van der Waals surface area contributed by atoms with Crippen LogP contribution in [0.5, 0.6) is 0 Å². The van der Waals surface area contributed by atoms with Gasteiger partial charge in [-0.2, -0.15) is 0 Å². The summed E-state index contributed by atoms with van der Waals surface area (Å²) in [6.07, 6.45) is 1.76. The second kappa shape index (κ2) is 8.74. The minimum Gasteiger partial charge on any atom is -0.313 e. The lowest BCUT2D eigenvalue weighted by Gasteiger charge is -2.60. The van der Waals surface area contributed by atoms with Crippen molar-refractivity contribution in [2.45, 2.75) is 47.1 Å². The van der Waals surface area contributed by atoms with E-state index in [9.17, 15) is 0 Å². The molecule has 0 heterocycles. The Kier molecular flexibility index (Phi) is 7.73. The molecule has 0 saturated heterocycles. The molecule has 0 aliphatic heterocycles. The van der Waals surface area contributed by atoms with Crippen molar-refractivity contribution in [2.75, 3.05) is 6.54 Å². The van der Waals surface area contributed by atoms with Gasteiger partial charge in [0, 0.05) is 6.54 Å². The molecule has 1 aromatic carbocycles.